The molecule has 6 heteroatoms. The van der Waals surface area contributed by atoms with Crippen LogP contribution in [0.25, 0.3) is 0 Å². The lowest BCUT2D eigenvalue weighted by Gasteiger charge is -2.15. The largest absolute Gasteiger partial charge is 0.389 e. The average molecular weight is 299 g/mol. The van der Waals surface area contributed by atoms with Gasteiger partial charge in [0.15, 0.2) is 9.84 Å². The van der Waals surface area contributed by atoms with Gasteiger partial charge in [-0.25, -0.2) is 8.42 Å². The second-order valence-corrected chi connectivity index (χ2v) is 7.06. The van der Waals surface area contributed by atoms with Crippen LogP contribution in [0.2, 0.25) is 0 Å². The van der Waals surface area contributed by atoms with Crippen molar-refractivity contribution in [3.63, 3.8) is 0 Å². The maximum atomic E-state index is 12.2. The van der Waals surface area contributed by atoms with Crippen molar-refractivity contribution < 1.29 is 18.3 Å². The van der Waals surface area contributed by atoms with Crippen LogP contribution in [0.3, 0.4) is 0 Å². The Balaban J connectivity index is 1.90. The van der Waals surface area contributed by atoms with Gasteiger partial charge in [0.25, 0.3) is 0 Å². The molecule has 0 spiro atoms. The SMILES string of the molecule is CCO[C@H]1CN(CCS(=O)(=O)c2ccccc2)C[C@@H]1O. The van der Waals surface area contributed by atoms with Gasteiger partial charge in [-0.1, -0.05) is 18.2 Å². The molecule has 1 aliphatic rings. The highest BCUT2D eigenvalue weighted by molar-refractivity contribution is 7.91. The molecule has 0 amide bonds. The zero-order valence-electron chi connectivity index (χ0n) is 11.6. The highest BCUT2D eigenvalue weighted by atomic mass is 32.2. The number of benzene rings is 1. The van der Waals surface area contributed by atoms with E-state index in [1.807, 2.05) is 11.8 Å². The van der Waals surface area contributed by atoms with Gasteiger partial charge >= 0.3 is 0 Å². The highest BCUT2D eigenvalue weighted by Crippen LogP contribution is 2.15. The number of aliphatic hydroxyl groups excluding tert-OH is 1. The quantitative estimate of drug-likeness (QED) is 0.830. The summed E-state index contributed by atoms with van der Waals surface area (Å²) in [5.74, 6) is 0.0581. The van der Waals surface area contributed by atoms with Gasteiger partial charge in [-0.2, -0.15) is 0 Å². The summed E-state index contributed by atoms with van der Waals surface area (Å²) in [6.45, 7) is 3.90. The fraction of sp³-hybridized carbons (Fsp3) is 0.571. The topological polar surface area (TPSA) is 66.8 Å². The molecular weight excluding hydrogens is 278 g/mol. The molecule has 1 N–H and O–H groups in total. The number of β-amino-alcohol motifs (C(OH)–C–C–N with tert-alkyl or cyclic N) is 1. The number of ether oxygens (including phenoxy) is 1. The Morgan fingerprint density at radius 1 is 1.30 bits per heavy atom. The maximum absolute atomic E-state index is 12.2. The van der Waals surface area contributed by atoms with Crippen molar-refractivity contribution in [1.29, 1.82) is 0 Å². The fourth-order valence-corrected chi connectivity index (χ4v) is 3.69. The van der Waals surface area contributed by atoms with Crippen molar-refractivity contribution >= 4 is 9.84 Å². The lowest BCUT2D eigenvalue weighted by Crippen LogP contribution is -2.29. The Bertz CT molecular complexity index is 517. The van der Waals surface area contributed by atoms with E-state index in [4.69, 9.17) is 4.74 Å². The van der Waals surface area contributed by atoms with E-state index in [2.05, 4.69) is 0 Å². The van der Waals surface area contributed by atoms with Crippen LogP contribution in [0.4, 0.5) is 0 Å². The molecule has 0 aromatic heterocycles. The molecule has 1 aliphatic heterocycles. The van der Waals surface area contributed by atoms with Crippen LogP contribution in [0, 0.1) is 0 Å². The zero-order valence-corrected chi connectivity index (χ0v) is 12.4. The third-order valence-electron chi connectivity index (χ3n) is 3.47. The second kappa shape index (κ2) is 6.67. The van der Waals surface area contributed by atoms with E-state index in [1.165, 1.54) is 0 Å². The number of nitrogens with zero attached hydrogens (tertiary/aromatic N) is 1. The summed E-state index contributed by atoms with van der Waals surface area (Å²) >= 11 is 0. The van der Waals surface area contributed by atoms with Crippen molar-refractivity contribution in [2.75, 3.05) is 32.0 Å². The highest BCUT2D eigenvalue weighted by Gasteiger charge is 2.32. The molecule has 2 atom stereocenters. The molecule has 1 saturated heterocycles. The average Bonchev–Trinajstić information content (AvgIpc) is 2.79. The van der Waals surface area contributed by atoms with Crippen molar-refractivity contribution in [2.24, 2.45) is 0 Å². The Hall–Kier alpha value is -0.950. The van der Waals surface area contributed by atoms with E-state index in [0.717, 1.165) is 0 Å². The van der Waals surface area contributed by atoms with Crippen LogP contribution < -0.4 is 0 Å². The molecular formula is C14H21NO4S. The predicted octanol–water partition coefficient (Wildman–Crippen LogP) is 0.542. The number of hydrogen-bond acceptors (Lipinski definition) is 5. The van der Waals surface area contributed by atoms with Gasteiger partial charge in [-0.3, -0.25) is 4.90 Å². The molecule has 1 fully saturated rings. The summed E-state index contributed by atoms with van der Waals surface area (Å²) in [6.07, 6.45) is -0.742. The minimum atomic E-state index is -3.26. The molecule has 112 valence electrons. The van der Waals surface area contributed by atoms with E-state index < -0.39 is 15.9 Å². The molecule has 0 bridgehead atoms. The van der Waals surface area contributed by atoms with Crippen LogP contribution >= 0.6 is 0 Å². The Kier molecular flexibility index (Phi) is 5.15. The Labute approximate surface area is 120 Å². The summed E-state index contributed by atoms with van der Waals surface area (Å²) in [5, 5.41) is 9.82. The van der Waals surface area contributed by atoms with E-state index in [0.29, 0.717) is 31.1 Å². The van der Waals surface area contributed by atoms with Gasteiger partial charge in [-0.05, 0) is 19.1 Å². The first kappa shape index (κ1) is 15.4. The smallest absolute Gasteiger partial charge is 0.179 e. The molecule has 5 nitrogen and oxygen atoms in total. The number of sulfone groups is 1. The summed E-state index contributed by atoms with van der Waals surface area (Å²) in [5.41, 5.74) is 0. The van der Waals surface area contributed by atoms with Crippen LogP contribution in [0.5, 0.6) is 0 Å². The van der Waals surface area contributed by atoms with Gasteiger partial charge in [0.1, 0.15) is 0 Å². The standard InChI is InChI=1S/C14H21NO4S/c1-2-19-14-11-15(10-13(14)16)8-9-20(17,18)12-6-4-3-5-7-12/h3-7,13-14,16H,2,8-11H2,1H3/t13-,14-/m0/s1. The third-order valence-corrected chi connectivity index (χ3v) is 5.18. The number of rotatable bonds is 6. The summed E-state index contributed by atoms with van der Waals surface area (Å²) in [7, 11) is -3.26. The van der Waals surface area contributed by atoms with Crippen molar-refractivity contribution in [1.82, 2.24) is 4.90 Å². The fourth-order valence-electron chi connectivity index (χ4n) is 2.39. The molecule has 0 aliphatic carbocycles. The van der Waals surface area contributed by atoms with E-state index in [-0.39, 0.29) is 11.9 Å². The number of aliphatic hydroxyl groups is 1. The molecule has 1 aromatic carbocycles. The van der Waals surface area contributed by atoms with E-state index >= 15 is 0 Å². The lowest BCUT2D eigenvalue weighted by molar-refractivity contribution is -0.00239. The van der Waals surface area contributed by atoms with Gasteiger partial charge in [0.05, 0.1) is 22.9 Å². The molecule has 2 rings (SSSR count). The number of likely N-dealkylation sites (tertiary alicyclic amines) is 1. The molecule has 20 heavy (non-hydrogen) atoms. The lowest BCUT2D eigenvalue weighted by atomic mass is 10.3. The van der Waals surface area contributed by atoms with Gasteiger partial charge in [0, 0.05) is 26.2 Å². The minimum absolute atomic E-state index is 0.0581. The summed E-state index contributed by atoms with van der Waals surface area (Å²) in [4.78, 5) is 2.28. The monoisotopic (exact) mass is 299 g/mol. The zero-order chi connectivity index (χ0) is 14.6. The summed E-state index contributed by atoms with van der Waals surface area (Å²) < 4.78 is 29.7. The van der Waals surface area contributed by atoms with Crippen molar-refractivity contribution in [3.05, 3.63) is 30.3 Å². The van der Waals surface area contributed by atoms with Gasteiger partial charge < -0.3 is 9.84 Å². The molecule has 1 heterocycles. The van der Waals surface area contributed by atoms with Crippen LogP contribution in [0.1, 0.15) is 6.92 Å². The van der Waals surface area contributed by atoms with Crippen molar-refractivity contribution in [2.45, 2.75) is 24.0 Å². The minimum Gasteiger partial charge on any atom is -0.389 e. The molecule has 0 unspecified atom stereocenters. The summed E-state index contributed by atoms with van der Waals surface area (Å²) in [6, 6.07) is 8.45. The molecule has 0 saturated carbocycles. The van der Waals surface area contributed by atoms with Crippen LogP contribution in [-0.2, 0) is 14.6 Å². The van der Waals surface area contributed by atoms with Gasteiger partial charge in [0.2, 0.25) is 0 Å². The Morgan fingerprint density at radius 2 is 2.00 bits per heavy atom. The normalized spacial score (nSPS) is 24.1. The van der Waals surface area contributed by atoms with E-state index in [9.17, 15) is 13.5 Å². The van der Waals surface area contributed by atoms with Crippen molar-refractivity contribution in [3.8, 4) is 0 Å². The van der Waals surface area contributed by atoms with Gasteiger partial charge in [-0.15, -0.1) is 0 Å². The Morgan fingerprint density at radius 3 is 2.65 bits per heavy atom. The predicted molar refractivity (Wildman–Crippen MR) is 76.4 cm³/mol. The first-order valence-electron chi connectivity index (χ1n) is 6.83. The first-order chi connectivity index (χ1) is 9.53. The van der Waals surface area contributed by atoms with Crippen LogP contribution in [0.15, 0.2) is 35.2 Å². The second-order valence-electron chi connectivity index (χ2n) is 4.95. The molecule has 0 radical (unpaired) electrons. The maximum Gasteiger partial charge on any atom is 0.179 e. The number of hydrogen-bond donors (Lipinski definition) is 1. The van der Waals surface area contributed by atoms with E-state index in [1.54, 1.807) is 30.3 Å². The molecule has 1 aromatic rings. The third kappa shape index (κ3) is 3.79. The van der Waals surface area contributed by atoms with Crippen LogP contribution in [-0.4, -0.2) is 62.6 Å². The first-order valence-corrected chi connectivity index (χ1v) is 8.48.